The molecule has 9 nitrogen and oxygen atoms in total. The second-order valence-electron chi connectivity index (χ2n) is 6.83. The Labute approximate surface area is 179 Å². The molecule has 31 heavy (non-hydrogen) atoms. The van der Waals surface area contributed by atoms with Crippen LogP contribution in [0.5, 0.6) is 11.5 Å². The second kappa shape index (κ2) is 9.29. The third kappa shape index (κ3) is 4.82. The number of ether oxygens (including phenoxy) is 2. The molecule has 1 amide bonds. The second-order valence-corrected chi connectivity index (χ2v) is 6.83. The third-order valence-electron chi connectivity index (χ3n) is 4.68. The van der Waals surface area contributed by atoms with E-state index in [1.165, 1.54) is 10.8 Å². The number of aromatic nitrogens is 4. The molecule has 1 aromatic carbocycles. The summed E-state index contributed by atoms with van der Waals surface area (Å²) in [4.78, 5) is 32.0. The van der Waals surface area contributed by atoms with Gasteiger partial charge in [-0.1, -0.05) is 13.0 Å². The maximum atomic E-state index is 12.5. The molecular formula is C22H25N5O4. The number of amides is 1. The number of anilines is 1. The van der Waals surface area contributed by atoms with Crippen molar-refractivity contribution in [3.05, 3.63) is 63.2 Å². The number of hydrogen-bond donors (Lipinski definition) is 2. The highest BCUT2D eigenvalue weighted by Crippen LogP contribution is 2.28. The number of carbonyl (C=O) groups excluding carboxylic acids is 1. The summed E-state index contributed by atoms with van der Waals surface area (Å²) in [6.07, 6.45) is 3.64. The Hall–Kier alpha value is -3.88. The standard InChI is InChI=1S/C22H25N5O4/c1-6-16-14(3)23-22(25-21(16)29)27-19(11-13(2)26-27)24-20(28)10-8-15-7-9-17(30-4)18(12-15)31-5/h7-12H,6H2,1-5H3,(H,24,28)(H,23,25,29)/b10-8+. The molecule has 0 atom stereocenters. The summed E-state index contributed by atoms with van der Waals surface area (Å²) in [7, 11) is 3.11. The van der Waals surface area contributed by atoms with Crippen molar-refractivity contribution in [3.8, 4) is 17.4 Å². The Bertz CT molecular complexity index is 1190. The highest BCUT2D eigenvalue weighted by atomic mass is 16.5. The number of nitrogens with one attached hydrogen (secondary N) is 2. The molecule has 3 rings (SSSR count). The lowest BCUT2D eigenvalue weighted by atomic mass is 10.2. The summed E-state index contributed by atoms with van der Waals surface area (Å²) in [6, 6.07) is 7.04. The number of rotatable bonds is 7. The van der Waals surface area contributed by atoms with Gasteiger partial charge in [0, 0.05) is 23.4 Å². The van der Waals surface area contributed by atoms with Crippen LogP contribution in [0.25, 0.3) is 12.0 Å². The molecule has 2 N–H and O–H groups in total. The van der Waals surface area contributed by atoms with Gasteiger partial charge in [-0.2, -0.15) is 9.78 Å². The lowest BCUT2D eigenvalue weighted by Gasteiger charge is -2.09. The lowest BCUT2D eigenvalue weighted by Crippen LogP contribution is -2.21. The molecule has 0 spiro atoms. The normalized spacial score (nSPS) is 11.0. The van der Waals surface area contributed by atoms with Crippen molar-refractivity contribution in [1.29, 1.82) is 0 Å². The van der Waals surface area contributed by atoms with Gasteiger partial charge in [0.15, 0.2) is 11.5 Å². The molecule has 9 heteroatoms. The maximum Gasteiger partial charge on any atom is 0.255 e. The van der Waals surface area contributed by atoms with Gasteiger partial charge in [-0.05, 0) is 44.0 Å². The summed E-state index contributed by atoms with van der Waals surface area (Å²) >= 11 is 0. The van der Waals surface area contributed by atoms with Crippen LogP contribution in [0.4, 0.5) is 5.82 Å². The number of aromatic amines is 1. The predicted molar refractivity (Wildman–Crippen MR) is 118 cm³/mol. The van der Waals surface area contributed by atoms with Crippen molar-refractivity contribution < 1.29 is 14.3 Å². The number of aryl methyl sites for hydroxylation is 2. The van der Waals surface area contributed by atoms with Crippen molar-refractivity contribution in [1.82, 2.24) is 19.7 Å². The molecule has 0 bridgehead atoms. The largest absolute Gasteiger partial charge is 0.493 e. The smallest absolute Gasteiger partial charge is 0.255 e. The molecule has 0 aliphatic rings. The van der Waals surface area contributed by atoms with Gasteiger partial charge >= 0.3 is 0 Å². The first-order chi connectivity index (χ1) is 14.9. The average molecular weight is 423 g/mol. The molecule has 0 saturated carbocycles. The number of nitrogens with zero attached hydrogens (tertiary/aromatic N) is 3. The zero-order valence-electron chi connectivity index (χ0n) is 18.1. The van der Waals surface area contributed by atoms with Gasteiger partial charge in [0.2, 0.25) is 11.9 Å². The fraction of sp³-hybridized carbons (Fsp3) is 0.273. The van der Waals surface area contributed by atoms with E-state index in [9.17, 15) is 9.59 Å². The van der Waals surface area contributed by atoms with E-state index in [0.717, 1.165) is 5.56 Å². The van der Waals surface area contributed by atoms with Crippen LogP contribution in [0.15, 0.2) is 35.1 Å². The van der Waals surface area contributed by atoms with Crippen molar-refractivity contribution in [2.24, 2.45) is 0 Å². The third-order valence-corrected chi connectivity index (χ3v) is 4.68. The molecule has 0 unspecified atom stereocenters. The van der Waals surface area contributed by atoms with E-state index >= 15 is 0 Å². The van der Waals surface area contributed by atoms with Crippen LogP contribution in [-0.4, -0.2) is 39.9 Å². The molecule has 0 aliphatic carbocycles. The molecule has 2 heterocycles. The maximum absolute atomic E-state index is 12.5. The van der Waals surface area contributed by atoms with Crippen molar-refractivity contribution in [3.63, 3.8) is 0 Å². The predicted octanol–water partition coefficient (Wildman–Crippen LogP) is 2.80. The topological polar surface area (TPSA) is 111 Å². The first kappa shape index (κ1) is 21.8. The Morgan fingerprint density at radius 2 is 1.94 bits per heavy atom. The summed E-state index contributed by atoms with van der Waals surface area (Å²) in [5.74, 6) is 1.45. The fourth-order valence-electron chi connectivity index (χ4n) is 3.16. The van der Waals surface area contributed by atoms with E-state index in [0.29, 0.717) is 40.7 Å². The van der Waals surface area contributed by atoms with Crippen LogP contribution in [0.3, 0.4) is 0 Å². The SMILES string of the molecule is CCc1c(C)nc(-n2nc(C)cc2NC(=O)/C=C/c2ccc(OC)c(OC)c2)[nH]c1=O. The van der Waals surface area contributed by atoms with Crippen LogP contribution >= 0.6 is 0 Å². The highest BCUT2D eigenvalue weighted by molar-refractivity contribution is 6.01. The first-order valence-electron chi connectivity index (χ1n) is 9.74. The van der Waals surface area contributed by atoms with Gasteiger partial charge in [-0.15, -0.1) is 0 Å². The van der Waals surface area contributed by atoms with Crippen LogP contribution in [-0.2, 0) is 11.2 Å². The fourth-order valence-corrected chi connectivity index (χ4v) is 3.16. The summed E-state index contributed by atoms with van der Waals surface area (Å²) in [6.45, 7) is 5.46. The number of benzene rings is 1. The molecule has 0 saturated heterocycles. The molecule has 0 aliphatic heterocycles. The minimum atomic E-state index is -0.361. The van der Waals surface area contributed by atoms with Crippen molar-refractivity contribution in [2.45, 2.75) is 27.2 Å². The van der Waals surface area contributed by atoms with Crippen LogP contribution in [0, 0.1) is 13.8 Å². The monoisotopic (exact) mass is 423 g/mol. The Kier molecular flexibility index (Phi) is 6.54. The Morgan fingerprint density at radius 3 is 2.58 bits per heavy atom. The minimum Gasteiger partial charge on any atom is -0.493 e. The van der Waals surface area contributed by atoms with E-state index in [2.05, 4.69) is 20.4 Å². The quantitative estimate of drug-likeness (QED) is 0.566. The highest BCUT2D eigenvalue weighted by Gasteiger charge is 2.14. The lowest BCUT2D eigenvalue weighted by molar-refractivity contribution is -0.111. The van der Waals surface area contributed by atoms with Gasteiger partial charge in [-0.3, -0.25) is 14.6 Å². The van der Waals surface area contributed by atoms with E-state index in [4.69, 9.17) is 9.47 Å². The number of H-pyrrole nitrogens is 1. The minimum absolute atomic E-state index is 0.219. The van der Waals surface area contributed by atoms with E-state index < -0.39 is 0 Å². The summed E-state index contributed by atoms with van der Waals surface area (Å²) in [5.41, 5.74) is 2.47. The Morgan fingerprint density at radius 1 is 1.19 bits per heavy atom. The molecule has 162 valence electrons. The van der Waals surface area contributed by atoms with Gasteiger partial charge in [0.25, 0.3) is 5.56 Å². The summed E-state index contributed by atoms with van der Waals surface area (Å²) < 4.78 is 11.9. The summed E-state index contributed by atoms with van der Waals surface area (Å²) in [5, 5.41) is 7.12. The average Bonchev–Trinajstić information content (AvgIpc) is 3.11. The molecule has 3 aromatic rings. The van der Waals surface area contributed by atoms with Crippen LogP contribution in [0.1, 0.15) is 29.4 Å². The molecule has 0 fully saturated rings. The van der Waals surface area contributed by atoms with Crippen LogP contribution < -0.4 is 20.3 Å². The van der Waals surface area contributed by atoms with E-state index in [1.807, 2.05) is 13.0 Å². The van der Waals surface area contributed by atoms with Gasteiger partial charge < -0.3 is 14.8 Å². The van der Waals surface area contributed by atoms with Crippen LogP contribution in [0.2, 0.25) is 0 Å². The zero-order valence-corrected chi connectivity index (χ0v) is 18.1. The molecular weight excluding hydrogens is 398 g/mol. The number of methoxy groups -OCH3 is 2. The molecule has 2 aromatic heterocycles. The first-order valence-corrected chi connectivity index (χ1v) is 9.74. The van der Waals surface area contributed by atoms with E-state index in [1.54, 1.807) is 52.3 Å². The number of hydrogen-bond acceptors (Lipinski definition) is 6. The van der Waals surface area contributed by atoms with Crippen molar-refractivity contribution in [2.75, 3.05) is 19.5 Å². The zero-order chi connectivity index (χ0) is 22.5. The van der Waals surface area contributed by atoms with Gasteiger partial charge in [0.1, 0.15) is 5.82 Å². The molecule has 0 radical (unpaired) electrons. The van der Waals surface area contributed by atoms with Gasteiger partial charge in [-0.25, -0.2) is 4.98 Å². The van der Waals surface area contributed by atoms with Crippen molar-refractivity contribution >= 4 is 17.8 Å². The number of carbonyl (C=O) groups is 1. The van der Waals surface area contributed by atoms with E-state index in [-0.39, 0.29) is 17.4 Å². The Balaban J connectivity index is 1.84. The van der Waals surface area contributed by atoms with Gasteiger partial charge in [0.05, 0.1) is 19.9 Å².